The molecule has 20 heavy (non-hydrogen) atoms. The predicted molar refractivity (Wildman–Crippen MR) is 73.6 cm³/mol. The lowest BCUT2D eigenvalue weighted by atomic mass is 10.1. The maximum absolute atomic E-state index is 12.0. The summed E-state index contributed by atoms with van der Waals surface area (Å²) in [6.07, 6.45) is 2.26. The minimum atomic E-state index is -3.85. The Kier molecular flexibility index (Phi) is 4.42. The van der Waals surface area contributed by atoms with Gasteiger partial charge in [0.25, 0.3) is 5.91 Å². The third-order valence-electron chi connectivity index (χ3n) is 3.12. The third kappa shape index (κ3) is 4.03. The summed E-state index contributed by atoms with van der Waals surface area (Å²) in [7, 11) is -2.36. The first-order valence-corrected chi connectivity index (χ1v) is 7.88. The number of hydrogen-bond donors (Lipinski definition) is 2. The van der Waals surface area contributed by atoms with Crippen molar-refractivity contribution >= 4 is 15.9 Å². The standard InChI is InChI=1S/C13H18N2O4S/c1-19-8-10-4-11(6-12(5-10)20(14,17)18)13(16)15-7-9-2-3-9/h4-6,9H,2-3,7-8H2,1H3,(H,15,16)(H2,14,17,18). The molecule has 0 aliphatic heterocycles. The lowest BCUT2D eigenvalue weighted by Gasteiger charge is -2.09. The van der Waals surface area contributed by atoms with E-state index in [0.717, 1.165) is 12.8 Å². The van der Waals surface area contributed by atoms with Crippen LogP contribution in [-0.4, -0.2) is 28.0 Å². The quantitative estimate of drug-likeness (QED) is 0.804. The van der Waals surface area contributed by atoms with Gasteiger partial charge in [-0.3, -0.25) is 4.79 Å². The molecule has 7 heteroatoms. The van der Waals surface area contributed by atoms with Crippen molar-refractivity contribution in [2.24, 2.45) is 11.1 Å². The molecule has 1 aliphatic carbocycles. The van der Waals surface area contributed by atoms with E-state index in [1.807, 2.05) is 0 Å². The molecule has 1 saturated carbocycles. The summed E-state index contributed by atoms with van der Waals surface area (Å²) >= 11 is 0. The number of hydrogen-bond acceptors (Lipinski definition) is 4. The van der Waals surface area contributed by atoms with Crippen LogP contribution in [0.3, 0.4) is 0 Å². The molecule has 1 fully saturated rings. The number of nitrogens with one attached hydrogen (secondary N) is 1. The van der Waals surface area contributed by atoms with E-state index in [2.05, 4.69) is 5.32 Å². The van der Waals surface area contributed by atoms with Crippen LogP contribution in [0.1, 0.15) is 28.8 Å². The Labute approximate surface area is 118 Å². The molecule has 0 heterocycles. The van der Waals surface area contributed by atoms with E-state index in [4.69, 9.17) is 9.88 Å². The van der Waals surface area contributed by atoms with Crippen LogP contribution in [-0.2, 0) is 21.4 Å². The maximum atomic E-state index is 12.0. The third-order valence-corrected chi connectivity index (χ3v) is 4.01. The molecule has 2 rings (SSSR count). The van der Waals surface area contributed by atoms with Crippen molar-refractivity contribution in [2.45, 2.75) is 24.3 Å². The normalized spacial score (nSPS) is 15.1. The second-order valence-electron chi connectivity index (χ2n) is 5.00. The van der Waals surface area contributed by atoms with Crippen molar-refractivity contribution in [3.8, 4) is 0 Å². The predicted octanol–water partition coefficient (Wildman–Crippen LogP) is 0.620. The van der Waals surface area contributed by atoms with E-state index in [9.17, 15) is 13.2 Å². The first-order valence-electron chi connectivity index (χ1n) is 6.34. The van der Waals surface area contributed by atoms with Gasteiger partial charge in [-0.25, -0.2) is 13.6 Å². The SMILES string of the molecule is COCc1cc(C(=O)NCC2CC2)cc(S(N)(=O)=O)c1. The summed E-state index contributed by atoms with van der Waals surface area (Å²) in [6, 6.07) is 4.31. The molecular weight excluding hydrogens is 280 g/mol. The summed E-state index contributed by atoms with van der Waals surface area (Å²) in [5, 5.41) is 7.92. The Morgan fingerprint density at radius 3 is 2.65 bits per heavy atom. The number of sulfonamides is 1. The van der Waals surface area contributed by atoms with Crippen LogP contribution in [0.4, 0.5) is 0 Å². The number of rotatable bonds is 6. The first kappa shape index (κ1) is 15.0. The minimum absolute atomic E-state index is 0.0800. The van der Waals surface area contributed by atoms with Crippen molar-refractivity contribution in [2.75, 3.05) is 13.7 Å². The van der Waals surface area contributed by atoms with Gasteiger partial charge in [-0.05, 0) is 42.5 Å². The molecule has 1 aromatic carbocycles. The van der Waals surface area contributed by atoms with Gasteiger partial charge >= 0.3 is 0 Å². The first-order chi connectivity index (χ1) is 9.40. The van der Waals surface area contributed by atoms with Gasteiger partial charge in [0.2, 0.25) is 10.0 Å². The van der Waals surface area contributed by atoms with Crippen molar-refractivity contribution in [1.29, 1.82) is 0 Å². The second-order valence-corrected chi connectivity index (χ2v) is 6.56. The Morgan fingerprint density at radius 1 is 1.40 bits per heavy atom. The number of carbonyl (C=O) groups is 1. The van der Waals surface area contributed by atoms with Crippen LogP contribution in [0.2, 0.25) is 0 Å². The van der Waals surface area contributed by atoms with Gasteiger partial charge in [0.15, 0.2) is 0 Å². The Hall–Kier alpha value is -1.44. The highest BCUT2D eigenvalue weighted by atomic mass is 32.2. The van der Waals surface area contributed by atoms with Gasteiger partial charge in [-0.2, -0.15) is 0 Å². The van der Waals surface area contributed by atoms with Gasteiger partial charge in [0.05, 0.1) is 11.5 Å². The number of benzene rings is 1. The molecule has 0 saturated heterocycles. The fraction of sp³-hybridized carbons (Fsp3) is 0.462. The molecule has 1 amide bonds. The van der Waals surface area contributed by atoms with Crippen LogP contribution < -0.4 is 10.5 Å². The lowest BCUT2D eigenvalue weighted by Crippen LogP contribution is -2.26. The van der Waals surface area contributed by atoms with Crippen LogP contribution >= 0.6 is 0 Å². The minimum Gasteiger partial charge on any atom is -0.380 e. The fourth-order valence-electron chi connectivity index (χ4n) is 1.87. The van der Waals surface area contributed by atoms with E-state index in [0.29, 0.717) is 18.0 Å². The summed E-state index contributed by atoms with van der Waals surface area (Å²) in [4.78, 5) is 11.9. The van der Waals surface area contributed by atoms with Gasteiger partial charge in [0.1, 0.15) is 0 Å². The van der Waals surface area contributed by atoms with Gasteiger partial charge in [-0.1, -0.05) is 0 Å². The molecule has 0 unspecified atom stereocenters. The smallest absolute Gasteiger partial charge is 0.251 e. The number of nitrogens with two attached hydrogens (primary N) is 1. The van der Waals surface area contributed by atoms with E-state index in [1.54, 1.807) is 6.07 Å². The second kappa shape index (κ2) is 5.90. The highest BCUT2D eigenvalue weighted by Gasteiger charge is 2.22. The van der Waals surface area contributed by atoms with Crippen LogP contribution in [0, 0.1) is 5.92 Å². The molecule has 0 atom stereocenters. The topological polar surface area (TPSA) is 98.5 Å². The molecule has 6 nitrogen and oxygen atoms in total. The number of carbonyl (C=O) groups excluding carboxylic acids is 1. The zero-order valence-electron chi connectivity index (χ0n) is 11.3. The van der Waals surface area contributed by atoms with E-state index < -0.39 is 10.0 Å². The van der Waals surface area contributed by atoms with Crippen molar-refractivity contribution < 1.29 is 17.9 Å². The maximum Gasteiger partial charge on any atom is 0.251 e. The highest BCUT2D eigenvalue weighted by Crippen LogP contribution is 2.27. The van der Waals surface area contributed by atoms with Crippen molar-refractivity contribution in [1.82, 2.24) is 5.32 Å². The van der Waals surface area contributed by atoms with E-state index in [-0.39, 0.29) is 23.0 Å². The number of amides is 1. The number of primary sulfonamides is 1. The summed E-state index contributed by atoms with van der Waals surface area (Å²) in [6.45, 7) is 0.838. The molecule has 0 spiro atoms. The summed E-state index contributed by atoms with van der Waals surface area (Å²) < 4.78 is 27.9. The molecule has 1 aliphatic rings. The molecule has 1 aromatic rings. The average molecular weight is 298 g/mol. The number of ether oxygens (including phenoxy) is 1. The highest BCUT2D eigenvalue weighted by molar-refractivity contribution is 7.89. The van der Waals surface area contributed by atoms with E-state index in [1.165, 1.54) is 19.2 Å². The number of methoxy groups -OCH3 is 1. The Balaban J connectivity index is 2.25. The van der Waals surface area contributed by atoms with Gasteiger partial charge in [-0.15, -0.1) is 0 Å². The summed E-state index contributed by atoms with van der Waals surface area (Å²) in [5.74, 6) is 0.263. The average Bonchev–Trinajstić information content (AvgIpc) is 3.19. The van der Waals surface area contributed by atoms with Gasteiger partial charge in [0, 0.05) is 19.2 Å². The Bertz CT molecular complexity index is 609. The fourth-order valence-corrected chi connectivity index (χ4v) is 2.47. The molecule has 110 valence electrons. The lowest BCUT2D eigenvalue weighted by molar-refractivity contribution is 0.0951. The van der Waals surface area contributed by atoms with Crippen molar-refractivity contribution in [3.63, 3.8) is 0 Å². The molecule has 0 aromatic heterocycles. The van der Waals surface area contributed by atoms with Gasteiger partial charge < -0.3 is 10.1 Å². The summed E-state index contributed by atoms with van der Waals surface area (Å²) in [5.41, 5.74) is 0.875. The van der Waals surface area contributed by atoms with Crippen LogP contribution in [0.25, 0.3) is 0 Å². The molecule has 3 N–H and O–H groups in total. The van der Waals surface area contributed by atoms with E-state index >= 15 is 0 Å². The monoisotopic (exact) mass is 298 g/mol. The van der Waals surface area contributed by atoms with Crippen molar-refractivity contribution in [3.05, 3.63) is 29.3 Å². The zero-order valence-corrected chi connectivity index (χ0v) is 12.1. The Morgan fingerprint density at radius 2 is 2.10 bits per heavy atom. The molecular formula is C13H18N2O4S. The largest absolute Gasteiger partial charge is 0.380 e. The molecule has 0 bridgehead atoms. The van der Waals surface area contributed by atoms with Crippen LogP contribution in [0.5, 0.6) is 0 Å². The van der Waals surface area contributed by atoms with Crippen LogP contribution in [0.15, 0.2) is 23.1 Å². The zero-order chi connectivity index (χ0) is 14.8. The molecule has 0 radical (unpaired) electrons.